The largest absolute Gasteiger partial charge is 0.341 e. The normalized spacial score (nSPS) is 18.2. The Morgan fingerprint density at radius 1 is 1.53 bits per heavy atom. The highest BCUT2D eigenvalue weighted by molar-refractivity contribution is 5.69. The zero-order valence-electron chi connectivity index (χ0n) is 8.48. The van der Waals surface area contributed by atoms with Crippen molar-refractivity contribution in [2.45, 2.75) is 25.3 Å². The van der Waals surface area contributed by atoms with Gasteiger partial charge in [0.1, 0.15) is 5.82 Å². The van der Waals surface area contributed by atoms with Crippen molar-refractivity contribution in [3.8, 4) is 0 Å². The Hall–Kier alpha value is -1.42. The van der Waals surface area contributed by atoms with Crippen molar-refractivity contribution < 1.29 is 0 Å². The van der Waals surface area contributed by atoms with Crippen LogP contribution in [0.4, 0.5) is 0 Å². The molecule has 1 fully saturated rings. The number of imidazole rings is 1. The van der Waals surface area contributed by atoms with Crippen LogP contribution in [0, 0.1) is 5.92 Å². The molecule has 0 bridgehead atoms. The smallest absolute Gasteiger partial charge is 0.177 e. The van der Waals surface area contributed by atoms with Crippen LogP contribution in [0.15, 0.2) is 18.3 Å². The summed E-state index contributed by atoms with van der Waals surface area (Å²) in [4.78, 5) is 11.9. The molecule has 1 unspecified atom stereocenters. The van der Waals surface area contributed by atoms with E-state index in [0.717, 1.165) is 23.4 Å². The summed E-state index contributed by atoms with van der Waals surface area (Å²) in [7, 11) is 0. The molecule has 0 saturated heterocycles. The molecule has 2 aromatic rings. The zero-order valence-corrected chi connectivity index (χ0v) is 8.48. The van der Waals surface area contributed by atoms with E-state index in [2.05, 4.69) is 15.0 Å². The van der Waals surface area contributed by atoms with Crippen molar-refractivity contribution >= 4 is 11.2 Å². The number of hydrogen-bond donors (Lipinski definition) is 2. The lowest BCUT2D eigenvalue weighted by Crippen LogP contribution is -2.25. The Morgan fingerprint density at radius 2 is 2.40 bits per heavy atom. The molecular weight excluding hydrogens is 188 g/mol. The lowest BCUT2D eigenvalue weighted by atomic mass is 10.1. The molecule has 0 amide bonds. The maximum Gasteiger partial charge on any atom is 0.177 e. The topological polar surface area (TPSA) is 67.6 Å². The van der Waals surface area contributed by atoms with Gasteiger partial charge < -0.3 is 10.7 Å². The summed E-state index contributed by atoms with van der Waals surface area (Å²) in [6, 6.07) is 4.15. The molecule has 78 valence electrons. The van der Waals surface area contributed by atoms with Crippen LogP contribution in [0.1, 0.15) is 18.7 Å². The van der Waals surface area contributed by atoms with Crippen LogP contribution in [-0.2, 0) is 6.42 Å². The van der Waals surface area contributed by atoms with Crippen molar-refractivity contribution in [1.82, 2.24) is 15.0 Å². The van der Waals surface area contributed by atoms with E-state index < -0.39 is 0 Å². The molecule has 3 N–H and O–H groups in total. The van der Waals surface area contributed by atoms with E-state index in [0.29, 0.717) is 5.92 Å². The first kappa shape index (κ1) is 8.85. The van der Waals surface area contributed by atoms with E-state index in [4.69, 9.17) is 5.73 Å². The third kappa shape index (κ3) is 1.72. The van der Waals surface area contributed by atoms with Crippen LogP contribution >= 0.6 is 0 Å². The van der Waals surface area contributed by atoms with Gasteiger partial charge in [-0.15, -0.1) is 0 Å². The monoisotopic (exact) mass is 202 g/mol. The lowest BCUT2D eigenvalue weighted by Gasteiger charge is -2.06. The maximum atomic E-state index is 6.05. The minimum Gasteiger partial charge on any atom is -0.341 e. The maximum absolute atomic E-state index is 6.05. The van der Waals surface area contributed by atoms with Gasteiger partial charge in [0.15, 0.2) is 5.65 Å². The molecule has 2 heterocycles. The van der Waals surface area contributed by atoms with Gasteiger partial charge in [-0.3, -0.25) is 0 Å². The average molecular weight is 202 g/mol. The van der Waals surface area contributed by atoms with Gasteiger partial charge >= 0.3 is 0 Å². The van der Waals surface area contributed by atoms with E-state index in [1.807, 2.05) is 12.1 Å². The van der Waals surface area contributed by atoms with Gasteiger partial charge in [-0.2, -0.15) is 0 Å². The van der Waals surface area contributed by atoms with E-state index in [9.17, 15) is 0 Å². The Kier molecular flexibility index (Phi) is 1.95. The van der Waals surface area contributed by atoms with E-state index >= 15 is 0 Å². The SMILES string of the molecule is NC(Cc1nc2ncccc2[nH]1)C1CC1. The molecule has 1 aliphatic rings. The third-order valence-electron chi connectivity index (χ3n) is 2.96. The van der Waals surface area contributed by atoms with Gasteiger partial charge in [0.25, 0.3) is 0 Å². The zero-order chi connectivity index (χ0) is 10.3. The van der Waals surface area contributed by atoms with Crippen LogP contribution in [0.2, 0.25) is 0 Å². The first-order chi connectivity index (χ1) is 7.33. The fourth-order valence-electron chi connectivity index (χ4n) is 1.91. The second-order valence-electron chi connectivity index (χ2n) is 4.26. The molecule has 1 aliphatic carbocycles. The summed E-state index contributed by atoms with van der Waals surface area (Å²) in [5, 5.41) is 0. The summed E-state index contributed by atoms with van der Waals surface area (Å²) < 4.78 is 0. The van der Waals surface area contributed by atoms with Crippen LogP contribution in [0.25, 0.3) is 11.2 Å². The minimum atomic E-state index is 0.255. The molecule has 1 saturated carbocycles. The highest BCUT2D eigenvalue weighted by Gasteiger charge is 2.29. The van der Waals surface area contributed by atoms with E-state index in [-0.39, 0.29) is 6.04 Å². The number of nitrogens with zero attached hydrogens (tertiary/aromatic N) is 2. The van der Waals surface area contributed by atoms with Crippen molar-refractivity contribution in [3.05, 3.63) is 24.2 Å². The van der Waals surface area contributed by atoms with Gasteiger partial charge in [0.2, 0.25) is 0 Å². The molecule has 15 heavy (non-hydrogen) atoms. The standard InChI is InChI=1S/C11H14N4/c12-8(7-3-4-7)6-10-14-9-2-1-5-13-11(9)15-10/h1-2,5,7-8H,3-4,6,12H2,(H,13,14,15). The molecule has 4 heteroatoms. The molecule has 3 rings (SSSR count). The predicted molar refractivity (Wildman–Crippen MR) is 58.3 cm³/mol. The molecule has 0 aromatic carbocycles. The molecule has 2 aromatic heterocycles. The number of aromatic nitrogens is 3. The fraction of sp³-hybridized carbons (Fsp3) is 0.455. The second kappa shape index (κ2) is 3.31. The molecule has 0 spiro atoms. The van der Waals surface area contributed by atoms with Crippen LogP contribution in [0.3, 0.4) is 0 Å². The van der Waals surface area contributed by atoms with Crippen molar-refractivity contribution in [2.75, 3.05) is 0 Å². The molecule has 0 aliphatic heterocycles. The number of H-pyrrole nitrogens is 1. The molecule has 4 nitrogen and oxygen atoms in total. The quantitative estimate of drug-likeness (QED) is 0.786. The van der Waals surface area contributed by atoms with Gasteiger partial charge in [-0.1, -0.05) is 0 Å². The summed E-state index contributed by atoms with van der Waals surface area (Å²) in [5.74, 6) is 1.68. The van der Waals surface area contributed by atoms with Crippen LogP contribution in [-0.4, -0.2) is 21.0 Å². The average Bonchev–Trinajstić information content (AvgIpc) is 2.99. The summed E-state index contributed by atoms with van der Waals surface area (Å²) >= 11 is 0. The Bertz CT molecular complexity index is 439. The molecule has 1 atom stereocenters. The van der Waals surface area contributed by atoms with Crippen LogP contribution in [0.5, 0.6) is 0 Å². The minimum absolute atomic E-state index is 0.255. The van der Waals surface area contributed by atoms with Crippen molar-refractivity contribution in [3.63, 3.8) is 0 Å². The Labute approximate surface area is 87.9 Å². The summed E-state index contributed by atoms with van der Waals surface area (Å²) in [6.45, 7) is 0. The first-order valence-electron chi connectivity index (χ1n) is 5.38. The number of nitrogens with two attached hydrogens (primary N) is 1. The Morgan fingerprint density at radius 3 is 3.13 bits per heavy atom. The lowest BCUT2D eigenvalue weighted by molar-refractivity contribution is 0.579. The number of rotatable bonds is 3. The summed E-state index contributed by atoms with van der Waals surface area (Å²) in [5.41, 5.74) is 7.84. The van der Waals surface area contributed by atoms with E-state index in [1.54, 1.807) is 6.20 Å². The van der Waals surface area contributed by atoms with E-state index in [1.165, 1.54) is 12.8 Å². The second-order valence-corrected chi connectivity index (χ2v) is 4.26. The number of fused-ring (bicyclic) bond motifs is 1. The number of hydrogen-bond acceptors (Lipinski definition) is 3. The number of pyridine rings is 1. The number of aromatic amines is 1. The highest BCUT2D eigenvalue weighted by Crippen LogP contribution is 2.32. The molecule has 0 radical (unpaired) electrons. The third-order valence-corrected chi connectivity index (χ3v) is 2.96. The number of nitrogens with one attached hydrogen (secondary N) is 1. The summed E-state index contributed by atoms with van der Waals surface area (Å²) in [6.07, 6.45) is 5.15. The van der Waals surface area contributed by atoms with Gasteiger partial charge in [-0.05, 0) is 30.9 Å². The predicted octanol–water partition coefficient (Wildman–Crippen LogP) is 1.24. The van der Waals surface area contributed by atoms with Gasteiger partial charge in [0, 0.05) is 18.7 Å². The van der Waals surface area contributed by atoms with Crippen molar-refractivity contribution in [1.29, 1.82) is 0 Å². The Balaban J connectivity index is 1.84. The highest BCUT2D eigenvalue weighted by atomic mass is 15.0. The van der Waals surface area contributed by atoms with Crippen molar-refractivity contribution in [2.24, 2.45) is 11.7 Å². The van der Waals surface area contributed by atoms with Crippen LogP contribution < -0.4 is 5.73 Å². The van der Waals surface area contributed by atoms with Gasteiger partial charge in [0.05, 0.1) is 5.52 Å². The van der Waals surface area contributed by atoms with Gasteiger partial charge in [-0.25, -0.2) is 9.97 Å². The molecular formula is C11H14N4. The first-order valence-corrected chi connectivity index (χ1v) is 5.38. The fourth-order valence-corrected chi connectivity index (χ4v) is 1.91.